The highest BCUT2D eigenvalue weighted by Crippen LogP contribution is 2.23. The average molecular weight is 351 g/mol. The number of aromatic nitrogens is 2. The minimum absolute atomic E-state index is 0.186. The zero-order valence-corrected chi connectivity index (χ0v) is 14.8. The average Bonchev–Trinajstić information content (AvgIpc) is 3.15. The van der Waals surface area contributed by atoms with Crippen LogP contribution in [0, 0.1) is 0 Å². The van der Waals surface area contributed by atoms with E-state index in [0.29, 0.717) is 30.2 Å². The predicted molar refractivity (Wildman–Crippen MR) is 98.5 cm³/mol. The molecule has 0 unspecified atom stereocenters. The van der Waals surface area contributed by atoms with Gasteiger partial charge in [-0.1, -0.05) is 30.3 Å². The molecular weight excluding hydrogens is 330 g/mol. The molecule has 1 aromatic heterocycles. The third-order valence-electron chi connectivity index (χ3n) is 4.01. The van der Waals surface area contributed by atoms with Crippen LogP contribution in [0.1, 0.15) is 21.5 Å². The number of rotatable bonds is 7. The van der Waals surface area contributed by atoms with Crippen molar-refractivity contribution in [1.82, 2.24) is 15.1 Å². The topological polar surface area (TPSA) is 65.4 Å². The number of benzene rings is 2. The maximum Gasteiger partial charge on any atom is 0.254 e. The summed E-state index contributed by atoms with van der Waals surface area (Å²) in [5.74, 6) is 1.23. The van der Waals surface area contributed by atoms with Crippen LogP contribution in [0.2, 0.25) is 0 Å². The number of nitrogens with zero attached hydrogens (tertiary/aromatic N) is 2. The summed E-state index contributed by atoms with van der Waals surface area (Å²) in [5.41, 5.74) is 2.49. The largest absolute Gasteiger partial charge is 0.497 e. The summed E-state index contributed by atoms with van der Waals surface area (Å²) in [6, 6.07) is 15.5. The fourth-order valence-corrected chi connectivity index (χ4v) is 2.64. The van der Waals surface area contributed by atoms with Gasteiger partial charge in [-0.25, -0.2) is 0 Å². The molecule has 0 radical (unpaired) electrons. The summed E-state index contributed by atoms with van der Waals surface area (Å²) in [7, 11) is 3.20. The van der Waals surface area contributed by atoms with Crippen LogP contribution in [-0.4, -0.2) is 29.9 Å². The Morgan fingerprint density at radius 1 is 1.12 bits per heavy atom. The van der Waals surface area contributed by atoms with E-state index in [-0.39, 0.29) is 5.91 Å². The monoisotopic (exact) mass is 351 g/mol. The first-order valence-corrected chi connectivity index (χ1v) is 8.25. The molecule has 1 N–H and O–H groups in total. The van der Waals surface area contributed by atoms with Gasteiger partial charge in [0.1, 0.15) is 11.5 Å². The second-order valence-corrected chi connectivity index (χ2v) is 5.77. The molecule has 3 aromatic rings. The number of ether oxygens (including phenoxy) is 2. The van der Waals surface area contributed by atoms with Gasteiger partial charge in [-0.05, 0) is 23.8 Å². The zero-order valence-electron chi connectivity index (χ0n) is 14.8. The lowest BCUT2D eigenvalue weighted by molar-refractivity contribution is 0.0950. The highest BCUT2D eigenvalue weighted by atomic mass is 16.5. The first-order chi connectivity index (χ1) is 12.7. The molecule has 0 aliphatic rings. The predicted octanol–water partition coefficient (Wildman–Crippen LogP) is 2.88. The maximum atomic E-state index is 12.4. The van der Waals surface area contributed by atoms with E-state index in [1.165, 1.54) is 0 Å². The molecular formula is C20H21N3O3. The van der Waals surface area contributed by atoms with Crippen LogP contribution in [0.15, 0.2) is 60.9 Å². The van der Waals surface area contributed by atoms with E-state index in [0.717, 1.165) is 11.1 Å². The van der Waals surface area contributed by atoms with Gasteiger partial charge in [-0.3, -0.25) is 9.48 Å². The number of methoxy groups -OCH3 is 2. The minimum atomic E-state index is -0.186. The van der Waals surface area contributed by atoms with Crippen molar-refractivity contribution in [1.29, 1.82) is 0 Å². The van der Waals surface area contributed by atoms with E-state index in [1.807, 2.05) is 48.5 Å². The lowest BCUT2D eigenvalue weighted by atomic mass is 10.2. The van der Waals surface area contributed by atoms with E-state index >= 15 is 0 Å². The Labute approximate surface area is 152 Å². The number of carbonyl (C=O) groups is 1. The highest BCUT2D eigenvalue weighted by molar-refractivity contribution is 5.93. The van der Waals surface area contributed by atoms with Crippen molar-refractivity contribution in [3.05, 3.63) is 77.6 Å². The van der Waals surface area contributed by atoms with Gasteiger partial charge in [0.05, 0.1) is 32.5 Å². The summed E-state index contributed by atoms with van der Waals surface area (Å²) in [6.07, 6.45) is 3.31. The summed E-state index contributed by atoms with van der Waals surface area (Å²) >= 11 is 0. The summed E-state index contributed by atoms with van der Waals surface area (Å²) < 4.78 is 12.3. The van der Waals surface area contributed by atoms with E-state index in [2.05, 4.69) is 10.4 Å². The summed E-state index contributed by atoms with van der Waals surface area (Å²) in [5, 5.41) is 7.15. The molecule has 0 saturated heterocycles. The van der Waals surface area contributed by atoms with Crippen molar-refractivity contribution < 1.29 is 14.3 Å². The van der Waals surface area contributed by atoms with Gasteiger partial charge in [0.15, 0.2) is 0 Å². The molecule has 6 nitrogen and oxygen atoms in total. The molecule has 3 rings (SSSR count). The molecule has 0 spiro atoms. The molecule has 2 aromatic carbocycles. The van der Waals surface area contributed by atoms with Crippen LogP contribution >= 0.6 is 0 Å². The molecule has 0 saturated carbocycles. The van der Waals surface area contributed by atoms with Crippen LogP contribution in [-0.2, 0) is 13.1 Å². The lowest BCUT2D eigenvalue weighted by Crippen LogP contribution is -2.22. The van der Waals surface area contributed by atoms with Crippen molar-refractivity contribution in [3.8, 4) is 11.5 Å². The molecule has 0 aliphatic carbocycles. The van der Waals surface area contributed by atoms with Gasteiger partial charge in [-0.2, -0.15) is 5.10 Å². The zero-order chi connectivity index (χ0) is 18.4. The standard InChI is InChI=1S/C20H21N3O3/c1-25-18-8-9-19(26-2)16(10-18)11-21-20(24)17-12-22-23(14-17)13-15-6-4-3-5-7-15/h3-10,12,14H,11,13H2,1-2H3,(H,21,24). The van der Waals surface area contributed by atoms with Gasteiger partial charge in [-0.15, -0.1) is 0 Å². The van der Waals surface area contributed by atoms with Crippen LogP contribution in [0.4, 0.5) is 0 Å². The first kappa shape index (κ1) is 17.5. The quantitative estimate of drug-likeness (QED) is 0.711. The molecule has 26 heavy (non-hydrogen) atoms. The van der Waals surface area contributed by atoms with E-state index in [1.54, 1.807) is 31.3 Å². The Bertz CT molecular complexity index is 875. The molecule has 1 amide bonds. The Balaban J connectivity index is 1.64. The van der Waals surface area contributed by atoms with E-state index < -0.39 is 0 Å². The van der Waals surface area contributed by atoms with E-state index in [4.69, 9.17) is 9.47 Å². The third-order valence-corrected chi connectivity index (χ3v) is 4.01. The third kappa shape index (κ3) is 4.22. The molecule has 6 heteroatoms. The second kappa shape index (κ2) is 8.20. The number of hydrogen-bond donors (Lipinski definition) is 1. The summed E-state index contributed by atoms with van der Waals surface area (Å²) in [6.45, 7) is 0.959. The lowest BCUT2D eigenvalue weighted by Gasteiger charge is -2.11. The Hall–Kier alpha value is -3.28. The van der Waals surface area contributed by atoms with Crippen LogP contribution in [0.25, 0.3) is 0 Å². The highest BCUT2D eigenvalue weighted by Gasteiger charge is 2.11. The molecule has 0 bridgehead atoms. The Morgan fingerprint density at radius 2 is 1.92 bits per heavy atom. The number of carbonyl (C=O) groups excluding carboxylic acids is 1. The Kier molecular flexibility index (Phi) is 5.53. The fraction of sp³-hybridized carbons (Fsp3) is 0.200. The number of nitrogens with one attached hydrogen (secondary N) is 1. The molecule has 1 heterocycles. The van der Waals surface area contributed by atoms with Gasteiger partial charge < -0.3 is 14.8 Å². The fourth-order valence-electron chi connectivity index (χ4n) is 2.64. The van der Waals surface area contributed by atoms with Crippen molar-refractivity contribution in [3.63, 3.8) is 0 Å². The maximum absolute atomic E-state index is 12.4. The second-order valence-electron chi connectivity index (χ2n) is 5.77. The van der Waals surface area contributed by atoms with Crippen LogP contribution in [0.5, 0.6) is 11.5 Å². The SMILES string of the molecule is COc1ccc(OC)c(CNC(=O)c2cnn(Cc3ccccc3)c2)c1. The number of amides is 1. The molecule has 0 fully saturated rings. The van der Waals surface area contributed by atoms with Gasteiger partial charge in [0.2, 0.25) is 0 Å². The molecule has 0 atom stereocenters. The van der Waals surface area contributed by atoms with Gasteiger partial charge in [0.25, 0.3) is 5.91 Å². The van der Waals surface area contributed by atoms with Crippen LogP contribution < -0.4 is 14.8 Å². The van der Waals surface area contributed by atoms with E-state index in [9.17, 15) is 4.79 Å². The molecule has 134 valence electrons. The van der Waals surface area contributed by atoms with Crippen LogP contribution in [0.3, 0.4) is 0 Å². The summed E-state index contributed by atoms with van der Waals surface area (Å²) in [4.78, 5) is 12.4. The van der Waals surface area contributed by atoms with Crippen molar-refractivity contribution in [2.24, 2.45) is 0 Å². The smallest absolute Gasteiger partial charge is 0.254 e. The number of hydrogen-bond acceptors (Lipinski definition) is 4. The van der Waals surface area contributed by atoms with Gasteiger partial charge >= 0.3 is 0 Å². The van der Waals surface area contributed by atoms with Crippen molar-refractivity contribution in [2.75, 3.05) is 14.2 Å². The minimum Gasteiger partial charge on any atom is -0.497 e. The van der Waals surface area contributed by atoms with Crippen molar-refractivity contribution in [2.45, 2.75) is 13.1 Å². The van der Waals surface area contributed by atoms with Gasteiger partial charge in [0, 0.05) is 18.3 Å². The molecule has 0 aliphatic heterocycles. The first-order valence-electron chi connectivity index (χ1n) is 8.25. The Morgan fingerprint density at radius 3 is 2.65 bits per heavy atom. The normalized spacial score (nSPS) is 10.4. The van der Waals surface area contributed by atoms with Crippen molar-refractivity contribution >= 4 is 5.91 Å².